The maximum absolute atomic E-state index is 12.9. The number of alkyl halides is 3. The number of amides is 1. The Morgan fingerprint density at radius 3 is 2.65 bits per heavy atom. The van der Waals surface area contributed by atoms with Crippen molar-refractivity contribution in [3.05, 3.63) is 99.0 Å². The molecule has 2 N–H and O–H groups in total. The highest BCUT2D eigenvalue weighted by Crippen LogP contribution is 2.37. The second-order valence-corrected chi connectivity index (χ2v) is 10.1. The molecular weight excluding hydrogens is 609 g/mol. The van der Waals surface area contributed by atoms with Crippen LogP contribution in [0.3, 0.4) is 0 Å². The molecule has 0 saturated carbocycles. The average molecular weight is 633 g/mol. The average Bonchev–Trinajstić information content (AvgIpc) is 3.35. The lowest BCUT2D eigenvalue weighted by Gasteiger charge is -2.14. The highest BCUT2D eigenvalue weighted by atomic mass is 79.9. The Hall–Kier alpha value is -3.90. The van der Waals surface area contributed by atoms with Crippen molar-refractivity contribution in [2.24, 2.45) is 5.10 Å². The molecule has 0 spiro atoms. The van der Waals surface area contributed by atoms with Gasteiger partial charge in [0.1, 0.15) is 6.61 Å². The van der Waals surface area contributed by atoms with Crippen molar-refractivity contribution < 1.29 is 27.4 Å². The van der Waals surface area contributed by atoms with Gasteiger partial charge in [0.2, 0.25) is 5.91 Å². The number of hydrogen-bond acceptors (Lipinski definition) is 7. The molecule has 0 aliphatic heterocycles. The van der Waals surface area contributed by atoms with E-state index in [2.05, 4.69) is 36.8 Å². The van der Waals surface area contributed by atoms with Crippen LogP contribution in [-0.2, 0) is 24.0 Å². The predicted octanol–water partition coefficient (Wildman–Crippen LogP) is 7.34. The van der Waals surface area contributed by atoms with E-state index < -0.39 is 17.6 Å². The molecular formula is C28H24BrF3N4O3S. The Balaban J connectivity index is 1.34. The highest BCUT2D eigenvalue weighted by molar-refractivity contribution is 9.10. The highest BCUT2D eigenvalue weighted by Gasteiger charge is 2.30. The SMILES string of the molecule is CCOc1cc(/C=N\NC(=O)Cc2csc(Nc3cccc(C(F)(F)F)c3)n2)cc(Br)c1OCc1ccccc1. The zero-order valence-corrected chi connectivity index (χ0v) is 23.6. The molecule has 0 atom stereocenters. The van der Waals surface area contributed by atoms with Crippen molar-refractivity contribution in [2.45, 2.75) is 26.1 Å². The molecule has 1 amide bonds. The number of nitrogens with one attached hydrogen (secondary N) is 2. The number of carbonyl (C=O) groups is 1. The van der Waals surface area contributed by atoms with Gasteiger partial charge in [0.15, 0.2) is 16.6 Å². The number of hydrazone groups is 1. The van der Waals surface area contributed by atoms with Crippen molar-refractivity contribution in [2.75, 3.05) is 11.9 Å². The molecule has 7 nitrogen and oxygen atoms in total. The lowest BCUT2D eigenvalue weighted by atomic mass is 10.2. The van der Waals surface area contributed by atoms with Gasteiger partial charge in [0.05, 0.1) is 35.0 Å². The summed E-state index contributed by atoms with van der Waals surface area (Å²) in [6.07, 6.45) is -3.02. The van der Waals surface area contributed by atoms with Crippen LogP contribution in [0.5, 0.6) is 11.5 Å². The second-order valence-electron chi connectivity index (χ2n) is 8.35. The molecule has 0 saturated heterocycles. The van der Waals surface area contributed by atoms with E-state index in [0.29, 0.717) is 45.6 Å². The molecule has 0 unspecified atom stereocenters. The van der Waals surface area contributed by atoms with Gasteiger partial charge >= 0.3 is 6.18 Å². The minimum atomic E-state index is -4.44. The fourth-order valence-corrected chi connectivity index (χ4v) is 4.83. The Kier molecular flexibility index (Phi) is 9.78. The van der Waals surface area contributed by atoms with Gasteiger partial charge in [-0.05, 0) is 64.3 Å². The lowest BCUT2D eigenvalue weighted by molar-refractivity contribution is -0.137. The third-order valence-corrected chi connectivity index (χ3v) is 6.69. The molecule has 1 aromatic heterocycles. The summed E-state index contributed by atoms with van der Waals surface area (Å²) < 4.78 is 51.2. The molecule has 1 heterocycles. The van der Waals surface area contributed by atoms with Crippen LogP contribution in [0.15, 0.2) is 81.7 Å². The first-order valence-corrected chi connectivity index (χ1v) is 13.7. The molecule has 4 aromatic rings. The fourth-order valence-electron chi connectivity index (χ4n) is 3.52. The molecule has 0 aliphatic rings. The number of nitrogens with zero attached hydrogens (tertiary/aromatic N) is 2. The van der Waals surface area contributed by atoms with Gasteiger partial charge in [-0.2, -0.15) is 18.3 Å². The Bertz CT molecular complexity index is 1480. The smallest absolute Gasteiger partial charge is 0.416 e. The topological polar surface area (TPSA) is 84.8 Å². The van der Waals surface area contributed by atoms with Crippen LogP contribution in [0, 0.1) is 0 Å². The first-order valence-electron chi connectivity index (χ1n) is 12.0. The third kappa shape index (κ3) is 8.30. The number of carbonyl (C=O) groups excluding carboxylic acids is 1. The zero-order chi connectivity index (χ0) is 28.5. The van der Waals surface area contributed by atoms with E-state index in [-0.39, 0.29) is 12.1 Å². The van der Waals surface area contributed by atoms with E-state index in [0.717, 1.165) is 17.7 Å². The Labute approximate surface area is 241 Å². The van der Waals surface area contributed by atoms with E-state index in [1.165, 1.54) is 29.7 Å². The molecule has 208 valence electrons. The number of anilines is 2. The van der Waals surface area contributed by atoms with Gasteiger partial charge in [-0.3, -0.25) is 4.79 Å². The van der Waals surface area contributed by atoms with Crippen LogP contribution in [0.25, 0.3) is 0 Å². The molecule has 12 heteroatoms. The summed E-state index contributed by atoms with van der Waals surface area (Å²) in [5.41, 5.74) is 4.08. The second kappa shape index (κ2) is 13.4. The summed E-state index contributed by atoms with van der Waals surface area (Å²) in [4.78, 5) is 16.6. The van der Waals surface area contributed by atoms with Gasteiger partial charge in [-0.1, -0.05) is 36.4 Å². The van der Waals surface area contributed by atoms with Crippen molar-refractivity contribution >= 4 is 50.2 Å². The van der Waals surface area contributed by atoms with Crippen LogP contribution in [0.2, 0.25) is 0 Å². The number of hydrogen-bond donors (Lipinski definition) is 2. The summed E-state index contributed by atoms with van der Waals surface area (Å²) in [7, 11) is 0. The zero-order valence-electron chi connectivity index (χ0n) is 21.2. The van der Waals surface area contributed by atoms with Crippen LogP contribution < -0.4 is 20.2 Å². The standard InChI is InChI=1S/C28H24BrF3N4O3S/c1-2-38-24-12-19(11-23(29)26(24)39-16-18-7-4-3-5-8-18)15-33-36-25(37)14-22-17-40-27(35-22)34-21-10-6-9-20(13-21)28(30,31)32/h3-13,15,17H,2,14,16H2,1H3,(H,34,35)(H,36,37)/b33-15-. The van der Waals surface area contributed by atoms with Gasteiger partial charge in [-0.15, -0.1) is 11.3 Å². The summed E-state index contributed by atoms with van der Waals surface area (Å²) in [5, 5.41) is 8.88. The molecule has 4 rings (SSSR count). The minimum Gasteiger partial charge on any atom is -0.490 e. The monoisotopic (exact) mass is 632 g/mol. The number of rotatable bonds is 11. The number of benzene rings is 3. The van der Waals surface area contributed by atoms with Gasteiger partial charge in [-0.25, -0.2) is 10.4 Å². The van der Waals surface area contributed by atoms with Crippen LogP contribution in [0.1, 0.15) is 29.3 Å². The van der Waals surface area contributed by atoms with E-state index in [4.69, 9.17) is 9.47 Å². The van der Waals surface area contributed by atoms with Crippen molar-refractivity contribution in [1.82, 2.24) is 10.4 Å². The Morgan fingerprint density at radius 2 is 1.90 bits per heavy atom. The maximum atomic E-state index is 12.9. The van der Waals surface area contributed by atoms with Crippen LogP contribution >= 0.6 is 27.3 Å². The van der Waals surface area contributed by atoms with Gasteiger partial charge < -0.3 is 14.8 Å². The fraction of sp³-hybridized carbons (Fsp3) is 0.179. The first-order chi connectivity index (χ1) is 19.2. The quantitative estimate of drug-likeness (QED) is 0.133. The van der Waals surface area contributed by atoms with Crippen LogP contribution in [-0.4, -0.2) is 23.7 Å². The van der Waals surface area contributed by atoms with E-state index in [9.17, 15) is 18.0 Å². The molecule has 0 fully saturated rings. The van der Waals surface area contributed by atoms with E-state index >= 15 is 0 Å². The summed E-state index contributed by atoms with van der Waals surface area (Å²) in [6, 6.07) is 18.1. The first kappa shape index (κ1) is 29.1. The van der Waals surface area contributed by atoms with Gasteiger partial charge in [0.25, 0.3) is 0 Å². The lowest BCUT2D eigenvalue weighted by Crippen LogP contribution is -2.20. The molecule has 0 aliphatic carbocycles. The molecule has 40 heavy (non-hydrogen) atoms. The maximum Gasteiger partial charge on any atom is 0.416 e. The van der Waals surface area contributed by atoms with E-state index in [1.54, 1.807) is 17.5 Å². The predicted molar refractivity (Wildman–Crippen MR) is 152 cm³/mol. The number of aromatic nitrogens is 1. The minimum absolute atomic E-state index is 0.0573. The molecule has 0 radical (unpaired) electrons. The largest absolute Gasteiger partial charge is 0.490 e. The van der Waals surface area contributed by atoms with Crippen LogP contribution in [0.4, 0.5) is 24.0 Å². The molecule has 0 bridgehead atoms. The number of thiazole rings is 1. The number of ether oxygens (including phenoxy) is 2. The Morgan fingerprint density at radius 1 is 1.10 bits per heavy atom. The summed E-state index contributed by atoms with van der Waals surface area (Å²) in [5.74, 6) is 0.688. The summed E-state index contributed by atoms with van der Waals surface area (Å²) >= 11 is 4.70. The summed E-state index contributed by atoms with van der Waals surface area (Å²) in [6.45, 7) is 2.68. The van der Waals surface area contributed by atoms with E-state index in [1.807, 2.05) is 37.3 Å². The normalized spacial score (nSPS) is 11.4. The third-order valence-electron chi connectivity index (χ3n) is 5.30. The van der Waals surface area contributed by atoms with Crippen molar-refractivity contribution in [1.29, 1.82) is 0 Å². The van der Waals surface area contributed by atoms with Crippen molar-refractivity contribution in [3.8, 4) is 11.5 Å². The van der Waals surface area contributed by atoms with Gasteiger partial charge in [0, 0.05) is 11.1 Å². The molecule has 3 aromatic carbocycles. The number of halogens is 4. The van der Waals surface area contributed by atoms with Crippen molar-refractivity contribution in [3.63, 3.8) is 0 Å².